The van der Waals surface area contributed by atoms with Crippen LogP contribution in [0, 0.1) is 0 Å². The number of hydrogen-bond donors (Lipinski definition) is 2. The van der Waals surface area contributed by atoms with Crippen molar-refractivity contribution in [3.8, 4) is 11.3 Å². The van der Waals surface area contributed by atoms with E-state index in [0.717, 1.165) is 16.8 Å². The quantitative estimate of drug-likeness (QED) is 0.626. The maximum absolute atomic E-state index is 12.3. The Bertz CT molecular complexity index is 962. The fourth-order valence-corrected chi connectivity index (χ4v) is 3.39. The van der Waals surface area contributed by atoms with Crippen LogP contribution in [0.15, 0.2) is 46.2 Å². The van der Waals surface area contributed by atoms with E-state index in [1.807, 2.05) is 36.6 Å². The lowest BCUT2D eigenvalue weighted by Gasteiger charge is -2.12. The third kappa shape index (κ3) is 4.85. The van der Waals surface area contributed by atoms with Crippen molar-refractivity contribution in [1.29, 1.82) is 0 Å². The highest BCUT2D eigenvalue weighted by Gasteiger charge is 2.14. The van der Waals surface area contributed by atoms with E-state index in [-0.39, 0.29) is 23.6 Å². The number of ether oxygens (including phenoxy) is 1. The summed E-state index contributed by atoms with van der Waals surface area (Å²) in [6.07, 6.45) is 0. The molecule has 28 heavy (non-hydrogen) atoms. The van der Waals surface area contributed by atoms with Gasteiger partial charge in [-0.25, -0.2) is 4.98 Å². The Balaban J connectivity index is 1.66. The van der Waals surface area contributed by atoms with E-state index in [1.165, 1.54) is 18.3 Å². The van der Waals surface area contributed by atoms with Crippen LogP contribution >= 0.6 is 11.3 Å². The second-order valence-corrected chi connectivity index (χ2v) is 7.09. The molecule has 1 aromatic carbocycles. The first-order chi connectivity index (χ1) is 13.5. The number of carbonyl (C=O) groups excluding carboxylic acids is 2. The number of hydrogen-bond acceptors (Lipinski definition) is 6. The molecule has 8 heteroatoms. The van der Waals surface area contributed by atoms with Crippen molar-refractivity contribution in [2.75, 3.05) is 12.4 Å². The molecule has 0 fully saturated rings. The van der Waals surface area contributed by atoms with Gasteiger partial charge in [0.05, 0.1) is 11.7 Å². The van der Waals surface area contributed by atoms with Gasteiger partial charge in [-0.2, -0.15) is 0 Å². The number of nitrogens with zero attached hydrogens (tertiary/aromatic N) is 1. The minimum Gasteiger partial charge on any atom is -0.453 e. The van der Waals surface area contributed by atoms with Gasteiger partial charge in [-0.3, -0.25) is 14.9 Å². The molecule has 7 nitrogen and oxygen atoms in total. The first-order valence-electron chi connectivity index (χ1n) is 8.68. The molecule has 0 aliphatic rings. The molecule has 1 atom stereocenters. The monoisotopic (exact) mass is 399 g/mol. The number of furan rings is 1. The second-order valence-electron chi connectivity index (χ2n) is 6.24. The topological polar surface area (TPSA) is 93.5 Å². The number of thiazole rings is 1. The molecule has 2 aromatic heterocycles. The summed E-state index contributed by atoms with van der Waals surface area (Å²) in [4.78, 5) is 27.9. The maximum Gasteiger partial charge on any atom is 0.293 e. The minimum atomic E-state index is -0.359. The Kier molecular flexibility index (Phi) is 6.23. The second kappa shape index (κ2) is 8.81. The van der Waals surface area contributed by atoms with E-state index in [0.29, 0.717) is 17.5 Å². The molecule has 2 amide bonds. The predicted octanol–water partition coefficient (Wildman–Crippen LogP) is 4.00. The maximum atomic E-state index is 12.3. The van der Waals surface area contributed by atoms with E-state index in [1.54, 1.807) is 19.2 Å². The molecule has 2 N–H and O–H groups in total. The smallest absolute Gasteiger partial charge is 0.293 e. The van der Waals surface area contributed by atoms with E-state index >= 15 is 0 Å². The summed E-state index contributed by atoms with van der Waals surface area (Å²) >= 11 is 1.34. The Morgan fingerprint density at radius 3 is 2.64 bits per heavy atom. The highest BCUT2D eigenvalue weighted by atomic mass is 32.1. The number of carbonyl (C=O) groups is 2. The standard InChI is InChI=1S/C20H21N3O4S/c1-12(21-13(2)24)14-4-6-15(7-5-14)17-11-28-20(22-17)23-19(25)18-9-8-16(27-18)10-26-3/h4-9,11-12H,10H2,1-3H3,(H,21,24)(H,22,23,25)/t12-/m0/s1. The number of aromatic nitrogens is 1. The van der Waals surface area contributed by atoms with Crippen LogP contribution in [0.25, 0.3) is 11.3 Å². The van der Waals surface area contributed by atoms with Crippen LogP contribution in [0.1, 0.15) is 41.8 Å². The molecule has 0 aliphatic heterocycles. The van der Waals surface area contributed by atoms with Gasteiger partial charge in [-0.05, 0) is 24.6 Å². The molecule has 0 spiro atoms. The number of nitrogens with one attached hydrogen (secondary N) is 2. The summed E-state index contributed by atoms with van der Waals surface area (Å²) in [5.74, 6) is 0.367. The zero-order chi connectivity index (χ0) is 20.1. The Morgan fingerprint density at radius 2 is 1.96 bits per heavy atom. The van der Waals surface area contributed by atoms with Crippen LogP contribution in [-0.2, 0) is 16.1 Å². The van der Waals surface area contributed by atoms with Crippen LogP contribution in [0.4, 0.5) is 5.13 Å². The molecule has 0 unspecified atom stereocenters. The molecule has 0 bridgehead atoms. The van der Waals surface area contributed by atoms with Crippen molar-refractivity contribution >= 4 is 28.3 Å². The van der Waals surface area contributed by atoms with Gasteiger partial charge in [0, 0.05) is 25.0 Å². The fourth-order valence-electron chi connectivity index (χ4n) is 2.67. The van der Waals surface area contributed by atoms with Crippen LogP contribution in [0.5, 0.6) is 0 Å². The molecular formula is C20H21N3O4S. The van der Waals surface area contributed by atoms with Crippen molar-refractivity contribution in [2.24, 2.45) is 0 Å². The van der Waals surface area contributed by atoms with Crippen LogP contribution in [-0.4, -0.2) is 23.9 Å². The van der Waals surface area contributed by atoms with Gasteiger partial charge in [0.1, 0.15) is 12.4 Å². The van der Waals surface area contributed by atoms with E-state index in [4.69, 9.17) is 9.15 Å². The largest absolute Gasteiger partial charge is 0.453 e. The number of anilines is 1. The summed E-state index contributed by atoms with van der Waals surface area (Å²) in [5, 5.41) is 7.96. The van der Waals surface area contributed by atoms with Crippen molar-refractivity contribution in [3.05, 3.63) is 58.9 Å². The Morgan fingerprint density at radius 1 is 1.21 bits per heavy atom. The summed E-state index contributed by atoms with van der Waals surface area (Å²) in [7, 11) is 1.56. The SMILES string of the molecule is COCc1ccc(C(=O)Nc2nc(-c3ccc([C@H](C)NC(C)=O)cc3)cs2)o1. The molecule has 146 valence electrons. The molecule has 0 radical (unpaired) electrons. The molecule has 0 saturated heterocycles. The van der Waals surface area contributed by atoms with Crippen LogP contribution in [0.3, 0.4) is 0 Å². The average molecular weight is 399 g/mol. The van der Waals surface area contributed by atoms with Crippen molar-refractivity contribution in [2.45, 2.75) is 26.5 Å². The summed E-state index contributed by atoms with van der Waals surface area (Å²) < 4.78 is 10.4. The van der Waals surface area contributed by atoms with Crippen LogP contribution < -0.4 is 10.6 Å². The summed E-state index contributed by atoms with van der Waals surface area (Å²) in [6, 6.07) is 11.0. The van der Waals surface area contributed by atoms with E-state index < -0.39 is 0 Å². The summed E-state index contributed by atoms with van der Waals surface area (Å²) in [5.41, 5.74) is 2.70. The van der Waals surface area contributed by atoms with Gasteiger partial charge in [0.15, 0.2) is 10.9 Å². The molecule has 3 aromatic rings. The van der Waals surface area contributed by atoms with Gasteiger partial charge in [0.2, 0.25) is 5.91 Å². The van der Waals surface area contributed by atoms with Gasteiger partial charge in [-0.15, -0.1) is 11.3 Å². The first-order valence-corrected chi connectivity index (χ1v) is 9.56. The predicted molar refractivity (Wildman–Crippen MR) is 107 cm³/mol. The fraction of sp³-hybridized carbons (Fsp3) is 0.250. The number of amides is 2. The van der Waals surface area contributed by atoms with Crippen molar-refractivity contribution < 1.29 is 18.7 Å². The lowest BCUT2D eigenvalue weighted by Crippen LogP contribution is -2.23. The zero-order valence-electron chi connectivity index (χ0n) is 15.8. The van der Waals surface area contributed by atoms with Gasteiger partial charge in [-0.1, -0.05) is 24.3 Å². The zero-order valence-corrected chi connectivity index (χ0v) is 16.6. The Hall–Kier alpha value is -2.97. The first kappa shape index (κ1) is 19.8. The highest BCUT2D eigenvalue weighted by Crippen LogP contribution is 2.26. The van der Waals surface area contributed by atoms with Crippen LogP contribution in [0.2, 0.25) is 0 Å². The van der Waals surface area contributed by atoms with Gasteiger partial charge >= 0.3 is 0 Å². The number of methoxy groups -OCH3 is 1. The molecular weight excluding hydrogens is 378 g/mol. The highest BCUT2D eigenvalue weighted by molar-refractivity contribution is 7.14. The lowest BCUT2D eigenvalue weighted by molar-refractivity contribution is -0.119. The van der Waals surface area contributed by atoms with Crippen molar-refractivity contribution in [1.82, 2.24) is 10.3 Å². The van der Waals surface area contributed by atoms with E-state index in [9.17, 15) is 9.59 Å². The molecule has 3 rings (SSSR count). The third-order valence-electron chi connectivity index (χ3n) is 4.02. The normalized spacial score (nSPS) is 11.8. The molecule has 0 aliphatic carbocycles. The van der Waals surface area contributed by atoms with Gasteiger partial charge < -0.3 is 14.5 Å². The third-order valence-corrected chi connectivity index (χ3v) is 4.78. The average Bonchev–Trinajstić information content (AvgIpc) is 3.31. The molecule has 0 saturated carbocycles. The molecule has 2 heterocycles. The Labute approximate surface area is 166 Å². The number of rotatable bonds is 7. The van der Waals surface area contributed by atoms with E-state index in [2.05, 4.69) is 15.6 Å². The minimum absolute atomic E-state index is 0.0619. The lowest BCUT2D eigenvalue weighted by atomic mass is 10.1. The van der Waals surface area contributed by atoms with Gasteiger partial charge in [0.25, 0.3) is 5.91 Å². The van der Waals surface area contributed by atoms with Crippen molar-refractivity contribution in [3.63, 3.8) is 0 Å². The summed E-state index contributed by atoms with van der Waals surface area (Å²) in [6.45, 7) is 3.74. The number of benzene rings is 1.